The molecule has 0 heterocycles. The smallest absolute Gasteiger partial charge is 0.407 e. The molecule has 3 amide bonds. The molecule has 10 heteroatoms. The number of carbonyl (C=O) groups is 3. The van der Waals surface area contributed by atoms with Gasteiger partial charge in [-0.15, -0.1) is 0 Å². The fourth-order valence-electron chi connectivity index (χ4n) is 2.27. The Bertz CT molecular complexity index is 428. The summed E-state index contributed by atoms with van der Waals surface area (Å²) in [5.74, 6) is -0.0177. The van der Waals surface area contributed by atoms with Crippen LogP contribution in [0.2, 0.25) is 0 Å². The molecular weight excluding hydrogens is 380 g/mol. The summed E-state index contributed by atoms with van der Waals surface area (Å²) in [6, 6.07) is 0. The highest BCUT2D eigenvalue weighted by Gasteiger charge is 2.15. The molecule has 170 valence electrons. The van der Waals surface area contributed by atoms with E-state index in [1.165, 1.54) is 0 Å². The van der Waals surface area contributed by atoms with Crippen LogP contribution in [0.3, 0.4) is 0 Å². The van der Waals surface area contributed by atoms with Gasteiger partial charge >= 0.3 is 12.2 Å². The van der Waals surface area contributed by atoms with E-state index in [0.717, 1.165) is 25.8 Å². The number of carbonyl (C=O) groups excluding carboxylic acids is 3. The van der Waals surface area contributed by atoms with E-state index in [-0.39, 0.29) is 25.7 Å². The molecule has 0 spiro atoms. The molecule has 0 saturated heterocycles. The summed E-state index contributed by atoms with van der Waals surface area (Å²) < 4.78 is 15.7. The van der Waals surface area contributed by atoms with Crippen LogP contribution < -0.4 is 21.3 Å². The van der Waals surface area contributed by atoms with Crippen LogP contribution >= 0.6 is 0 Å². The fourth-order valence-corrected chi connectivity index (χ4v) is 2.27. The predicted octanol–water partition coefficient (Wildman–Crippen LogP) is 1.15. The first-order chi connectivity index (χ1) is 14.0. The zero-order valence-electron chi connectivity index (χ0n) is 18.0. The van der Waals surface area contributed by atoms with Gasteiger partial charge in [0.2, 0.25) is 5.91 Å². The summed E-state index contributed by atoms with van der Waals surface area (Å²) in [7, 11) is 1.92. The Morgan fingerprint density at radius 1 is 0.793 bits per heavy atom. The number of ether oxygens (including phenoxy) is 3. The standard InChI is InChI=1S/C19H38N4O6/c1-4-21-18(25)28-14-16(15-29-19(26)22-5-2)27-13-9-10-17(24)23-12-8-6-7-11-20-3/h16,20H,4-15H2,1-3H3,(H,21,25)(H,22,26)(H,23,24). The maximum absolute atomic E-state index is 11.8. The SMILES string of the molecule is CCNC(=O)OCC(COC(=O)NCC)OCCCC(=O)NCCCCCNC. The fraction of sp³-hybridized carbons (Fsp3) is 0.842. The van der Waals surface area contributed by atoms with Crippen LogP contribution in [0, 0.1) is 0 Å². The van der Waals surface area contributed by atoms with Gasteiger partial charge in [-0.05, 0) is 46.7 Å². The second-order valence-corrected chi connectivity index (χ2v) is 6.37. The van der Waals surface area contributed by atoms with Crippen LogP contribution in [0.1, 0.15) is 46.0 Å². The molecular formula is C19H38N4O6. The van der Waals surface area contributed by atoms with E-state index < -0.39 is 18.3 Å². The average molecular weight is 419 g/mol. The number of nitrogens with one attached hydrogen (secondary N) is 4. The summed E-state index contributed by atoms with van der Waals surface area (Å²) in [4.78, 5) is 34.7. The molecule has 0 aromatic heterocycles. The minimum absolute atomic E-state index is 0.0177. The first-order valence-electron chi connectivity index (χ1n) is 10.4. The van der Waals surface area contributed by atoms with Crippen molar-refractivity contribution in [3.63, 3.8) is 0 Å². The first-order valence-corrected chi connectivity index (χ1v) is 10.4. The van der Waals surface area contributed by atoms with E-state index in [0.29, 0.717) is 32.5 Å². The number of alkyl carbamates (subject to hydrolysis) is 2. The molecule has 0 radical (unpaired) electrons. The molecule has 4 N–H and O–H groups in total. The Hall–Kier alpha value is -2.07. The van der Waals surface area contributed by atoms with Crippen LogP contribution in [0.25, 0.3) is 0 Å². The van der Waals surface area contributed by atoms with E-state index >= 15 is 0 Å². The van der Waals surface area contributed by atoms with Gasteiger partial charge in [0.1, 0.15) is 19.3 Å². The lowest BCUT2D eigenvalue weighted by Gasteiger charge is -2.18. The number of unbranched alkanes of at least 4 members (excludes halogenated alkanes) is 2. The zero-order valence-corrected chi connectivity index (χ0v) is 18.0. The summed E-state index contributed by atoms with van der Waals surface area (Å²) in [5, 5.41) is 11.0. The quantitative estimate of drug-likeness (QED) is 0.261. The Morgan fingerprint density at radius 2 is 1.38 bits per heavy atom. The van der Waals surface area contributed by atoms with Crippen LogP contribution in [0.5, 0.6) is 0 Å². The van der Waals surface area contributed by atoms with Crippen molar-refractivity contribution in [2.24, 2.45) is 0 Å². The highest BCUT2D eigenvalue weighted by Crippen LogP contribution is 2.00. The number of rotatable bonds is 17. The Balaban J connectivity index is 4.04. The lowest BCUT2D eigenvalue weighted by Crippen LogP contribution is -2.34. The van der Waals surface area contributed by atoms with Crippen molar-refractivity contribution in [1.29, 1.82) is 0 Å². The molecule has 0 rings (SSSR count). The third kappa shape index (κ3) is 17.7. The van der Waals surface area contributed by atoms with E-state index in [4.69, 9.17) is 14.2 Å². The van der Waals surface area contributed by atoms with Crippen LogP contribution in [-0.4, -0.2) is 77.2 Å². The number of hydrogen-bond donors (Lipinski definition) is 4. The molecule has 0 atom stereocenters. The number of hydrogen-bond acceptors (Lipinski definition) is 7. The van der Waals surface area contributed by atoms with Gasteiger partial charge in [0.15, 0.2) is 0 Å². The van der Waals surface area contributed by atoms with E-state index in [1.807, 2.05) is 7.05 Å². The molecule has 0 bridgehead atoms. The third-order valence-corrected chi connectivity index (χ3v) is 3.77. The van der Waals surface area contributed by atoms with E-state index in [2.05, 4.69) is 21.3 Å². The molecule has 0 saturated carbocycles. The Labute approximate surface area is 173 Å². The van der Waals surface area contributed by atoms with Crippen LogP contribution in [0.15, 0.2) is 0 Å². The normalized spacial score (nSPS) is 10.5. The van der Waals surface area contributed by atoms with Crippen LogP contribution in [-0.2, 0) is 19.0 Å². The summed E-state index contributed by atoms with van der Waals surface area (Å²) >= 11 is 0. The van der Waals surface area contributed by atoms with Crippen molar-refractivity contribution < 1.29 is 28.6 Å². The highest BCUT2D eigenvalue weighted by atomic mass is 16.6. The molecule has 10 nitrogen and oxygen atoms in total. The Kier molecular flexibility index (Phi) is 17.9. The van der Waals surface area contributed by atoms with E-state index in [9.17, 15) is 14.4 Å². The predicted molar refractivity (Wildman–Crippen MR) is 110 cm³/mol. The summed E-state index contributed by atoms with van der Waals surface area (Å²) in [5.41, 5.74) is 0. The molecule has 0 aromatic rings. The van der Waals surface area contributed by atoms with Gasteiger partial charge in [0.05, 0.1) is 0 Å². The lowest BCUT2D eigenvalue weighted by atomic mass is 10.2. The lowest BCUT2D eigenvalue weighted by molar-refractivity contribution is -0.121. The monoisotopic (exact) mass is 418 g/mol. The van der Waals surface area contributed by atoms with Gasteiger partial charge < -0.3 is 35.5 Å². The van der Waals surface area contributed by atoms with Crippen molar-refractivity contribution >= 4 is 18.1 Å². The minimum atomic E-state index is -0.601. The van der Waals surface area contributed by atoms with Crippen molar-refractivity contribution in [2.45, 2.75) is 52.1 Å². The van der Waals surface area contributed by atoms with Crippen molar-refractivity contribution in [1.82, 2.24) is 21.3 Å². The second kappa shape index (κ2) is 19.3. The number of amides is 3. The molecule has 0 unspecified atom stereocenters. The summed E-state index contributed by atoms with van der Waals surface area (Å²) in [6.07, 6.45) is 2.26. The van der Waals surface area contributed by atoms with Crippen molar-refractivity contribution in [3.05, 3.63) is 0 Å². The maximum atomic E-state index is 11.8. The van der Waals surface area contributed by atoms with E-state index in [1.54, 1.807) is 13.8 Å². The van der Waals surface area contributed by atoms with Crippen molar-refractivity contribution in [3.8, 4) is 0 Å². The van der Waals surface area contributed by atoms with Crippen LogP contribution in [0.4, 0.5) is 9.59 Å². The Morgan fingerprint density at radius 3 is 1.93 bits per heavy atom. The van der Waals surface area contributed by atoms with Gasteiger partial charge in [-0.25, -0.2) is 9.59 Å². The largest absolute Gasteiger partial charge is 0.447 e. The van der Waals surface area contributed by atoms with Gasteiger partial charge in [-0.1, -0.05) is 6.42 Å². The first kappa shape index (κ1) is 26.9. The molecule has 0 aliphatic rings. The second-order valence-electron chi connectivity index (χ2n) is 6.37. The molecule has 0 fully saturated rings. The highest BCUT2D eigenvalue weighted by molar-refractivity contribution is 5.75. The van der Waals surface area contributed by atoms with Gasteiger partial charge in [-0.3, -0.25) is 4.79 Å². The molecule has 0 aromatic carbocycles. The topological polar surface area (TPSA) is 127 Å². The van der Waals surface area contributed by atoms with Gasteiger partial charge in [0, 0.05) is 32.7 Å². The third-order valence-electron chi connectivity index (χ3n) is 3.77. The molecule has 0 aliphatic carbocycles. The molecule has 0 aliphatic heterocycles. The van der Waals surface area contributed by atoms with Gasteiger partial charge in [0.25, 0.3) is 0 Å². The van der Waals surface area contributed by atoms with Crippen molar-refractivity contribution in [2.75, 3.05) is 53.0 Å². The summed E-state index contributed by atoms with van der Waals surface area (Å²) in [6.45, 7) is 6.30. The maximum Gasteiger partial charge on any atom is 0.407 e. The molecule has 29 heavy (non-hydrogen) atoms. The van der Waals surface area contributed by atoms with Gasteiger partial charge in [-0.2, -0.15) is 0 Å². The average Bonchev–Trinajstić information content (AvgIpc) is 2.69. The minimum Gasteiger partial charge on any atom is -0.447 e. The zero-order chi connectivity index (χ0) is 21.7.